The number of benzene rings is 3. The van der Waals surface area contributed by atoms with Gasteiger partial charge in [-0.1, -0.05) is 54.6 Å². The van der Waals surface area contributed by atoms with Crippen molar-refractivity contribution in [3.05, 3.63) is 94.5 Å². The third kappa shape index (κ3) is 4.43. The van der Waals surface area contributed by atoms with Crippen LogP contribution >= 0.6 is 0 Å². The lowest BCUT2D eigenvalue weighted by Gasteiger charge is -2.23. The molecule has 0 saturated carbocycles. The number of carbonyl (C=O) groups excluding carboxylic acids is 2. The van der Waals surface area contributed by atoms with E-state index in [0.717, 1.165) is 16.7 Å². The highest BCUT2D eigenvalue weighted by atomic mass is 16.4. The van der Waals surface area contributed by atoms with Gasteiger partial charge in [0, 0.05) is 25.2 Å². The molecule has 0 spiro atoms. The minimum Gasteiger partial charge on any atom is -0.408 e. The first-order valence-corrected chi connectivity index (χ1v) is 10.9. The summed E-state index contributed by atoms with van der Waals surface area (Å²) in [6.45, 7) is 1.15. The molecule has 2 N–H and O–H groups in total. The molecule has 1 saturated heterocycles. The van der Waals surface area contributed by atoms with Crippen LogP contribution in [-0.2, 0) is 11.2 Å². The molecular formula is C26H23N3O4. The lowest BCUT2D eigenvalue weighted by molar-refractivity contribution is -0.124. The number of nitrogens with one attached hydrogen (secondary N) is 2. The van der Waals surface area contributed by atoms with Crippen molar-refractivity contribution in [2.24, 2.45) is 5.92 Å². The van der Waals surface area contributed by atoms with Crippen LogP contribution in [0.15, 0.2) is 82.0 Å². The molecule has 5 rings (SSSR count). The molecule has 1 aliphatic heterocycles. The summed E-state index contributed by atoms with van der Waals surface area (Å²) in [5.41, 5.74) is 4.63. The lowest BCUT2D eigenvalue weighted by Crippen LogP contribution is -2.37. The molecule has 2 heterocycles. The first-order chi connectivity index (χ1) is 16.1. The summed E-state index contributed by atoms with van der Waals surface area (Å²) in [6, 6.07) is 23.2. The van der Waals surface area contributed by atoms with Gasteiger partial charge in [-0.25, -0.2) is 4.79 Å². The minimum atomic E-state index is -0.558. The third-order valence-electron chi connectivity index (χ3n) is 5.99. The number of nitrogens with zero attached hydrogens (tertiary/aromatic N) is 1. The van der Waals surface area contributed by atoms with Crippen molar-refractivity contribution in [2.45, 2.75) is 6.42 Å². The van der Waals surface area contributed by atoms with Gasteiger partial charge < -0.3 is 14.6 Å². The normalized spacial score (nSPS) is 16.4. The Balaban J connectivity index is 1.32. The summed E-state index contributed by atoms with van der Waals surface area (Å²) in [7, 11) is 0. The van der Waals surface area contributed by atoms with Crippen molar-refractivity contribution in [3.8, 4) is 11.1 Å². The largest absolute Gasteiger partial charge is 0.417 e. The van der Waals surface area contributed by atoms with E-state index in [-0.39, 0.29) is 17.7 Å². The molecular weight excluding hydrogens is 418 g/mol. The molecule has 3 aromatic carbocycles. The second kappa shape index (κ2) is 8.78. The zero-order chi connectivity index (χ0) is 22.8. The van der Waals surface area contributed by atoms with Crippen LogP contribution in [0, 0.1) is 5.92 Å². The van der Waals surface area contributed by atoms with Crippen LogP contribution in [-0.4, -0.2) is 41.3 Å². The predicted molar refractivity (Wildman–Crippen MR) is 125 cm³/mol. The number of H-pyrrole nitrogens is 1. The zero-order valence-electron chi connectivity index (χ0n) is 17.9. The van der Waals surface area contributed by atoms with Crippen LogP contribution in [0.25, 0.3) is 22.2 Å². The predicted octanol–water partition coefficient (Wildman–Crippen LogP) is 3.22. The molecule has 4 aromatic rings. The van der Waals surface area contributed by atoms with Crippen molar-refractivity contribution in [1.82, 2.24) is 15.2 Å². The molecule has 7 nitrogen and oxygen atoms in total. The molecule has 1 fully saturated rings. The van der Waals surface area contributed by atoms with Crippen LogP contribution in [0.4, 0.5) is 0 Å². The molecule has 0 radical (unpaired) electrons. The molecule has 0 bridgehead atoms. The van der Waals surface area contributed by atoms with Crippen LogP contribution in [0.5, 0.6) is 0 Å². The first-order valence-electron chi connectivity index (χ1n) is 10.9. The van der Waals surface area contributed by atoms with Gasteiger partial charge in [0.15, 0.2) is 5.58 Å². The Morgan fingerprint density at radius 2 is 1.73 bits per heavy atom. The number of aromatic amines is 1. The van der Waals surface area contributed by atoms with E-state index in [2.05, 4.69) is 34.6 Å². The molecule has 166 valence electrons. The van der Waals surface area contributed by atoms with E-state index in [1.165, 1.54) is 0 Å². The number of rotatable bonds is 4. The molecule has 1 aliphatic rings. The van der Waals surface area contributed by atoms with Crippen molar-refractivity contribution >= 4 is 22.9 Å². The molecule has 1 atom stereocenters. The van der Waals surface area contributed by atoms with E-state index < -0.39 is 5.76 Å². The van der Waals surface area contributed by atoms with Crippen molar-refractivity contribution < 1.29 is 14.0 Å². The van der Waals surface area contributed by atoms with Crippen LogP contribution in [0.3, 0.4) is 0 Å². The van der Waals surface area contributed by atoms with E-state index in [1.807, 2.05) is 30.3 Å². The fourth-order valence-corrected chi connectivity index (χ4v) is 4.26. The maximum Gasteiger partial charge on any atom is 0.417 e. The van der Waals surface area contributed by atoms with E-state index in [4.69, 9.17) is 4.42 Å². The second-order valence-corrected chi connectivity index (χ2v) is 8.23. The Kier molecular flexibility index (Phi) is 5.52. The smallest absolute Gasteiger partial charge is 0.408 e. The molecule has 1 aromatic heterocycles. The average Bonchev–Trinajstić information content (AvgIpc) is 3.12. The van der Waals surface area contributed by atoms with Gasteiger partial charge >= 0.3 is 5.76 Å². The van der Waals surface area contributed by atoms with Crippen molar-refractivity contribution in [3.63, 3.8) is 0 Å². The third-order valence-corrected chi connectivity index (χ3v) is 5.99. The Hall–Kier alpha value is -4.13. The number of hydrogen-bond donors (Lipinski definition) is 2. The van der Waals surface area contributed by atoms with Crippen LogP contribution < -0.4 is 11.1 Å². The summed E-state index contributed by atoms with van der Waals surface area (Å²) in [5, 5.41) is 2.93. The standard InChI is InChI=1S/C26H23N3O4/c30-24-21(14-17-6-8-19(9-7-17)18-4-2-1-3-5-18)16-29(13-12-27-24)25(31)20-10-11-23-22(15-20)28-26(32)33-23/h1-11,15,21H,12-14,16H2,(H,27,30)(H,28,32). The Labute approximate surface area is 190 Å². The lowest BCUT2D eigenvalue weighted by atomic mass is 9.96. The molecule has 2 amide bonds. The van der Waals surface area contributed by atoms with Gasteiger partial charge in [0.1, 0.15) is 0 Å². The molecule has 7 heteroatoms. The van der Waals surface area contributed by atoms with Gasteiger partial charge in [-0.3, -0.25) is 14.6 Å². The summed E-state index contributed by atoms with van der Waals surface area (Å²) in [4.78, 5) is 41.5. The van der Waals surface area contributed by atoms with E-state index >= 15 is 0 Å². The second-order valence-electron chi connectivity index (χ2n) is 8.23. The number of fused-ring (bicyclic) bond motifs is 1. The van der Waals surface area contributed by atoms with E-state index in [9.17, 15) is 14.4 Å². The highest BCUT2D eigenvalue weighted by molar-refractivity contribution is 5.97. The highest BCUT2D eigenvalue weighted by Gasteiger charge is 2.28. The van der Waals surface area contributed by atoms with Crippen LogP contribution in [0.2, 0.25) is 0 Å². The SMILES string of the molecule is O=C1NCCN(C(=O)c2ccc3oc(=O)[nH]c3c2)CC1Cc1ccc(-c2ccccc2)cc1. The van der Waals surface area contributed by atoms with Gasteiger partial charge in [-0.05, 0) is 41.3 Å². The monoisotopic (exact) mass is 441 g/mol. The summed E-state index contributed by atoms with van der Waals surface area (Å²) >= 11 is 0. The summed E-state index contributed by atoms with van der Waals surface area (Å²) in [6.07, 6.45) is 0.540. The Morgan fingerprint density at radius 3 is 2.52 bits per heavy atom. The number of carbonyl (C=O) groups is 2. The maximum absolute atomic E-state index is 13.2. The molecule has 1 unspecified atom stereocenters. The van der Waals surface area contributed by atoms with Gasteiger partial charge in [-0.15, -0.1) is 0 Å². The van der Waals surface area contributed by atoms with Crippen molar-refractivity contribution in [1.29, 1.82) is 0 Å². The molecule has 33 heavy (non-hydrogen) atoms. The number of aromatic nitrogens is 1. The number of oxazole rings is 1. The first kappa shape index (κ1) is 20.8. The Morgan fingerprint density at radius 1 is 0.970 bits per heavy atom. The Bertz CT molecular complexity index is 1360. The van der Waals surface area contributed by atoms with Gasteiger partial charge in [-0.2, -0.15) is 0 Å². The summed E-state index contributed by atoms with van der Waals surface area (Å²) in [5.74, 6) is -1.14. The maximum atomic E-state index is 13.2. The highest BCUT2D eigenvalue weighted by Crippen LogP contribution is 2.22. The average molecular weight is 441 g/mol. The zero-order valence-corrected chi connectivity index (χ0v) is 17.9. The van der Waals surface area contributed by atoms with E-state index in [1.54, 1.807) is 23.1 Å². The number of amides is 2. The van der Waals surface area contributed by atoms with Gasteiger partial charge in [0.2, 0.25) is 5.91 Å². The van der Waals surface area contributed by atoms with Gasteiger partial charge in [0.25, 0.3) is 5.91 Å². The minimum absolute atomic E-state index is 0.0490. The van der Waals surface area contributed by atoms with Crippen LogP contribution in [0.1, 0.15) is 15.9 Å². The number of hydrogen-bond acceptors (Lipinski definition) is 4. The summed E-state index contributed by atoms with van der Waals surface area (Å²) < 4.78 is 5.01. The topological polar surface area (TPSA) is 95.4 Å². The van der Waals surface area contributed by atoms with Gasteiger partial charge in [0.05, 0.1) is 11.4 Å². The fourth-order valence-electron chi connectivity index (χ4n) is 4.26. The quantitative estimate of drug-likeness (QED) is 0.508. The fraction of sp³-hybridized carbons (Fsp3) is 0.192. The van der Waals surface area contributed by atoms with Crippen molar-refractivity contribution in [2.75, 3.05) is 19.6 Å². The molecule has 0 aliphatic carbocycles. The van der Waals surface area contributed by atoms with E-state index in [0.29, 0.717) is 42.7 Å².